The highest BCUT2D eigenvalue weighted by Gasteiger charge is 2.20. The van der Waals surface area contributed by atoms with E-state index in [1.54, 1.807) is 7.11 Å². The smallest absolute Gasteiger partial charge is 0.124 e. The average Bonchev–Trinajstić information content (AvgIpc) is 2.42. The number of para-hydroxylation sites is 1. The third kappa shape index (κ3) is 5.14. The molecule has 1 aromatic rings. The molecule has 0 aliphatic heterocycles. The van der Waals surface area contributed by atoms with Crippen LogP contribution >= 0.6 is 0 Å². The van der Waals surface area contributed by atoms with Crippen molar-refractivity contribution in [1.82, 2.24) is 5.32 Å². The van der Waals surface area contributed by atoms with E-state index in [4.69, 9.17) is 9.47 Å². The number of ether oxygens (including phenoxy) is 2. The Morgan fingerprint density at radius 1 is 1.05 bits per heavy atom. The second-order valence-electron chi connectivity index (χ2n) is 5.88. The number of benzene rings is 1. The van der Waals surface area contributed by atoms with E-state index in [2.05, 4.69) is 46.0 Å². The highest BCUT2D eigenvalue weighted by Crippen LogP contribution is 2.29. The Bertz CT molecular complexity index is 390. The van der Waals surface area contributed by atoms with E-state index < -0.39 is 0 Å². The van der Waals surface area contributed by atoms with Crippen molar-refractivity contribution in [2.45, 2.75) is 52.9 Å². The van der Waals surface area contributed by atoms with E-state index in [1.807, 2.05) is 18.2 Å². The topological polar surface area (TPSA) is 30.5 Å². The lowest BCUT2D eigenvalue weighted by atomic mass is 10.1. The van der Waals surface area contributed by atoms with E-state index in [1.165, 1.54) is 0 Å². The molecule has 0 saturated carbocycles. The van der Waals surface area contributed by atoms with E-state index in [0.717, 1.165) is 17.9 Å². The van der Waals surface area contributed by atoms with Gasteiger partial charge in [0.25, 0.3) is 0 Å². The molecule has 0 heterocycles. The quantitative estimate of drug-likeness (QED) is 0.785. The lowest BCUT2D eigenvalue weighted by molar-refractivity contribution is -0.0275. The van der Waals surface area contributed by atoms with Gasteiger partial charge in [-0.1, -0.05) is 45.9 Å². The largest absolute Gasteiger partial charge is 0.496 e. The number of nitrogens with one attached hydrogen (secondary N) is 1. The average molecular weight is 279 g/mol. The molecule has 3 heteroatoms. The maximum Gasteiger partial charge on any atom is 0.124 e. The van der Waals surface area contributed by atoms with Crippen molar-refractivity contribution in [1.29, 1.82) is 0 Å². The van der Waals surface area contributed by atoms with E-state index in [-0.39, 0.29) is 12.2 Å². The Morgan fingerprint density at radius 2 is 1.70 bits per heavy atom. The molecule has 0 aliphatic rings. The molecule has 0 fully saturated rings. The van der Waals surface area contributed by atoms with E-state index in [9.17, 15) is 0 Å². The van der Waals surface area contributed by atoms with Crippen LogP contribution in [-0.4, -0.2) is 25.8 Å². The van der Waals surface area contributed by atoms with Crippen LogP contribution in [0.5, 0.6) is 5.75 Å². The standard InChI is InChI=1S/C17H29NO2/c1-12(2)14(5)20-17(11-18-13(3)4)15-9-7-8-10-16(15)19-6/h7-10,12-14,17-18H,11H2,1-6H3. The van der Waals surface area contributed by atoms with Gasteiger partial charge < -0.3 is 14.8 Å². The van der Waals surface area contributed by atoms with Gasteiger partial charge in [-0.25, -0.2) is 0 Å². The van der Waals surface area contributed by atoms with Crippen LogP contribution in [0.15, 0.2) is 24.3 Å². The summed E-state index contributed by atoms with van der Waals surface area (Å²) in [6.07, 6.45) is 0.213. The number of hydrogen-bond donors (Lipinski definition) is 1. The minimum Gasteiger partial charge on any atom is -0.496 e. The highest BCUT2D eigenvalue weighted by atomic mass is 16.5. The van der Waals surface area contributed by atoms with Gasteiger partial charge in [0.05, 0.1) is 19.3 Å². The first-order valence-corrected chi connectivity index (χ1v) is 7.47. The van der Waals surface area contributed by atoms with Gasteiger partial charge in [-0.3, -0.25) is 0 Å². The number of rotatable bonds is 8. The molecule has 0 amide bonds. The Hall–Kier alpha value is -1.06. The van der Waals surface area contributed by atoms with E-state index >= 15 is 0 Å². The molecular formula is C17H29NO2. The summed E-state index contributed by atoms with van der Waals surface area (Å²) < 4.78 is 11.7. The second kappa shape index (κ2) is 8.28. The summed E-state index contributed by atoms with van der Waals surface area (Å²) in [5, 5.41) is 3.46. The second-order valence-corrected chi connectivity index (χ2v) is 5.88. The van der Waals surface area contributed by atoms with Gasteiger partial charge in [-0.05, 0) is 18.9 Å². The van der Waals surface area contributed by atoms with Crippen molar-refractivity contribution in [2.24, 2.45) is 5.92 Å². The van der Waals surface area contributed by atoms with Gasteiger partial charge in [-0.2, -0.15) is 0 Å². The molecule has 0 saturated heterocycles. The molecule has 3 nitrogen and oxygen atoms in total. The summed E-state index contributed by atoms with van der Waals surface area (Å²) in [6.45, 7) is 11.6. The first-order chi connectivity index (χ1) is 9.45. The van der Waals surface area contributed by atoms with Crippen molar-refractivity contribution in [2.75, 3.05) is 13.7 Å². The first kappa shape index (κ1) is 17.0. The van der Waals surface area contributed by atoms with Crippen LogP contribution < -0.4 is 10.1 Å². The number of hydrogen-bond acceptors (Lipinski definition) is 3. The normalized spacial score (nSPS) is 14.6. The van der Waals surface area contributed by atoms with Crippen LogP contribution in [-0.2, 0) is 4.74 Å². The lowest BCUT2D eigenvalue weighted by Crippen LogP contribution is -2.31. The highest BCUT2D eigenvalue weighted by molar-refractivity contribution is 5.35. The predicted molar refractivity (Wildman–Crippen MR) is 84.3 cm³/mol. The van der Waals surface area contributed by atoms with Crippen LogP contribution in [0, 0.1) is 5.92 Å². The van der Waals surface area contributed by atoms with Gasteiger partial charge in [0.1, 0.15) is 5.75 Å². The summed E-state index contributed by atoms with van der Waals surface area (Å²) in [5.74, 6) is 1.38. The van der Waals surface area contributed by atoms with E-state index in [0.29, 0.717) is 12.0 Å². The molecule has 1 N–H and O–H groups in total. The molecular weight excluding hydrogens is 250 g/mol. The van der Waals surface area contributed by atoms with Crippen LogP contribution in [0.4, 0.5) is 0 Å². The third-order valence-electron chi connectivity index (χ3n) is 3.52. The zero-order valence-electron chi connectivity index (χ0n) is 13.6. The molecule has 2 unspecified atom stereocenters. The summed E-state index contributed by atoms with van der Waals surface area (Å²) in [4.78, 5) is 0. The van der Waals surface area contributed by atoms with Crippen molar-refractivity contribution >= 4 is 0 Å². The maximum atomic E-state index is 6.25. The van der Waals surface area contributed by atoms with Crippen LogP contribution in [0.1, 0.15) is 46.3 Å². The fraction of sp³-hybridized carbons (Fsp3) is 0.647. The fourth-order valence-electron chi connectivity index (χ4n) is 1.92. The zero-order valence-corrected chi connectivity index (χ0v) is 13.6. The number of methoxy groups -OCH3 is 1. The summed E-state index contributed by atoms with van der Waals surface area (Å²) in [7, 11) is 1.71. The zero-order chi connectivity index (χ0) is 15.1. The molecule has 20 heavy (non-hydrogen) atoms. The fourth-order valence-corrected chi connectivity index (χ4v) is 1.92. The lowest BCUT2D eigenvalue weighted by Gasteiger charge is -2.27. The molecule has 0 aliphatic carbocycles. The van der Waals surface area contributed by atoms with Gasteiger partial charge >= 0.3 is 0 Å². The minimum absolute atomic E-state index is 0.00551. The molecule has 2 atom stereocenters. The summed E-state index contributed by atoms with van der Waals surface area (Å²) >= 11 is 0. The van der Waals surface area contributed by atoms with Crippen molar-refractivity contribution in [3.05, 3.63) is 29.8 Å². The predicted octanol–water partition coefficient (Wildman–Crippen LogP) is 3.80. The Kier molecular flexibility index (Phi) is 7.03. The Morgan fingerprint density at radius 3 is 2.25 bits per heavy atom. The molecule has 0 bridgehead atoms. The van der Waals surface area contributed by atoms with Crippen molar-refractivity contribution in [3.8, 4) is 5.75 Å². The van der Waals surface area contributed by atoms with Crippen LogP contribution in [0.25, 0.3) is 0 Å². The molecule has 114 valence electrons. The summed E-state index contributed by atoms with van der Waals surface area (Å²) in [6, 6.07) is 8.52. The monoisotopic (exact) mass is 279 g/mol. The summed E-state index contributed by atoms with van der Waals surface area (Å²) in [5.41, 5.74) is 1.11. The van der Waals surface area contributed by atoms with Gasteiger partial charge in [0, 0.05) is 18.2 Å². The SMILES string of the molecule is COc1ccccc1C(CNC(C)C)OC(C)C(C)C. The van der Waals surface area contributed by atoms with Gasteiger partial charge in [0.15, 0.2) is 0 Å². The minimum atomic E-state index is 0.00551. The van der Waals surface area contributed by atoms with Crippen LogP contribution in [0.2, 0.25) is 0 Å². The third-order valence-corrected chi connectivity index (χ3v) is 3.52. The molecule has 0 spiro atoms. The van der Waals surface area contributed by atoms with Gasteiger partial charge in [-0.15, -0.1) is 0 Å². The van der Waals surface area contributed by atoms with Gasteiger partial charge in [0.2, 0.25) is 0 Å². The maximum absolute atomic E-state index is 6.25. The van der Waals surface area contributed by atoms with Crippen molar-refractivity contribution in [3.63, 3.8) is 0 Å². The Labute approximate surface area is 123 Å². The Balaban J connectivity index is 2.90. The van der Waals surface area contributed by atoms with Crippen LogP contribution in [0.3, 0.4) is 0 Å². The molecule has 0 aromatic heterocycles. The molecule has 1 aromatic carbocycles. The molecule has 0 radical (unpaired) electrons. The first-order valence-electron chi connectivity index (χ1n) is 7.47. The molecule has 1 rings (SSSR count). The van der Waals surface area contributed by atoms with Crippen molar-refractivity contribution < 1.29 is 9.47 Å².